The van der Waals surface area contributed by atoms with E-state index in [0.717, 1.165) is 6.42 Å². The van der Waals surface area contributed by atoms with Gasteiger partial charge in [0.05, 0.1) is 0 Å². The van der Waals surface area contributed by atoms with E-state index in [1.807, 2.05) is 0 Å². The molecule has 3 atom stereocenters. The number of rotatable bonds is 3. The minimum atomic E-state index is -0.0312. The topological polar surface area (TPSA) is 0 Å². The maximum Gasteiger partial charge on any atom is 0.0310 e. The fourth-order valence-electron chi connectivity index (χ4n) is 7.08. The molecule has 0 spiro atoms. The minimum Gasteiger partial charge on any atom is -0.171 e. The molecule has 3 aliphatic carbocycles. The van der Waals surface area contributed by atoms with E-state index in [2.05, 4.69) is 94.4 Å². The van der Waals surface area contributed by atoms with Crippen LogP contribution in [0, 0.1) is 19.8 Å². The summed E-state index contributed by atoms with van der Waals surface area (Å²) in [7, 11) is 0. The highest BCUT2D eigenvalue weighted by Gasteiger charge is 2.49. The first-order valence-electron chi connectivity index (χ1n) is 12.9. The van der Waals surface area contributed by atoms with E-state index >= 15 is 0 Å². The molecule has 4 bridgehead atoms. The van der Waals surface area contributed by atoms with Crippen LogP contribution in [0.5, 0.6) is 0 Å². The fraction of sp³-hybridized carbons (Fsp3) is 0.333. The lowest BCUT2D eigenvalue weighted by atomic mass is 9.62. The van der Waals surface area contributed by atoms with Crippen LogP contribution in [0.4, 0.5) is 0 Å². The predicted octanol–water partition coefficient (Wildman–Crippen LogP) is 8.89. The molecule has 0 saturated heterocycles. The third-order valence-electron chi connectivity index (χ3n) is 8.91. The molecule has 1 unspecified atom stereocenters. The van der Waals surface area contributed by atoms with E-state index in [1.54, 1.807) is 5.56 Å². The molecule has 34 heavy (non-hydrogen) atoms. The molecule has 3 aromatic carbocycles. The van der Waals surface area contributed by atoms with Gasteiger partial charge in [0, 0.05) is 10.7 Å². The molecule has 0 saturated carbocycles. The van der Waals surface area contributed by atoms with Gasteiger partial charge in [-0.1, -0.05) is 93.4 Å². The van der Waals surface area contributed by atoms with Crippen LogP contribution in [-0.2, 0) is 11.8 Å². The lowest BCUT2D eigenvalue weighted by Gasteiger charge is -2.41. The summed E-state index contributed by atoms with van der Waals surface area (Å²) in [5, 5.41) is 0.198. The van der Waals surface area contributed by atoms with Crippen LogP contribution in [0.25, 0.3) is 17.2 Å². The zero-order valence-electron chi connectivity index (χ0n) is 20.8. The van der Waals surface area contributed by atoms with Crippen molar-refractivity contribution < 1.29 is 0 Å². The monoisotopic (exact) mass is 462 g/mol. The Kier molecular flexibility index (Phi) is 5.19. The number of fused-ring (bicyclic) bond motifs is 8. The first-order valence-corrected chi connectivity index (χ1v) is 13.4. The van der Waals surface area contributed by atoms with Crippen LogP contribution >= 0.6 is 12.6 Å². The zero-order chi connectivity index (χ0) is 23.6. The van der Waals surface area contributed by atoms with Gasteiger partial charge >= 0.3 is 0 Å². The van der Waals surface area contributed by atoms with Crippen LogP contribution < -0.4 is 0 Å². The van der Waals surface area contributed by atoms with E-state index in [9.17, 15) is 0 Å². The predicted molar refractivity (Wildman–Crippen MR) is 150 cm³/mol. The van der Waals surface area contributed by atoms with Crippen LogP contribution in [0.3, 0.4) is 0 Å². The Hall–Kier alpha value is -2.51. The van der Waals surface area contributed by atoms with Gasteiger partial charge in [-0.2, -0.15) is 12.6 Å². The van der Waals surface area contributed by atoms with Crippen LogP contribution in [0.2, 0.25) is 0 Å². The van der Waals surface area contributed by atoms with Crippen molar-refractivity contribution in [1.82, 2.24) is 0 Å². The summed E-state index contributed by atoms with van der Waals surface area (Å²) in [4.78, 5) is 0. The van der Waals surface area contributed by atoms with E-state index in [0.29, 0.717) is 5.92 Å². The van der Waals surface area contributed by atoms with Crippen molar-refractivity contribution in [3.63, 3.8) is 0 Å². The largest absolute Gasteiger partial charge is 0.171 e. The molecule has 0 aromatic heterocycles. The maximum absolute atomic E-state index is 5.11. The number of hydrogen-bond donors (Lipinski definition) is 1. The molecule has 0 heterocycles. The van der Waals surface area contributed by atoms with Gasteiger partial charge in [0.25, 0.3) is 0 Å². The molecule has 0 aliphatic heterocycles. The normalized spacial score (nSPS) is 24.1. The van der Waals surface area contributed by atoms with Gasteiger partial charge in [-0.05, 0) is 93.8 Å². The molecular weight excluding hydrogens is 428 g/mol. The summed E-state index contributed by atoms with van der Waals surface area (Å²) in [6.07, 6.45) is 9.60. The molecule has 3 aromatic rings. The van der Waals surface area contributed by atoms with Gasteiger partial charge in [-0.3, -0.25) is 0 Å². The molecule has 0 fully saturated rings. The van der Waals surface area contributed by atoms with Gasteiger partial charge in [0.2, 0.25) is 0 Å². The molecule has 0 amide bonds. The summed E-state index contributed by atoms with van der Waals surface area (Å²) in [6, 6.07) is 20.8. The number of thiol groups is 1. The van der Waals surface area contributed by atoms with Crippen molar-refractivity contribution in [2.45, 2.75) is 64.0 Å². The Balaban J connectivity index is 1.77. The smallest absolute Gasteiger partial charge is 0.0310 e. The van der Waals surface area contributed by atoms with Crippen molar-refractivity contribution in [2.24, 2.45) is 5.92 Å². The van der Waals surface area contributed by atoms with Crippen LogP contribution in [0.15, 0.2) is 60.7 Å². The summed E-state index contributed by atoms with van der Waals surface area (Å²) >= 11 is 5.11. The van der Waals surface area contributed by atoms with E-state index in [1.165, 1.54) is 74.9 Å². The van der Waals surface area contributed by atoms with E-state index in [-0.39, 0.29) is 10.7 Å². The van der Waals surface area contributed by atoms with Gasteiger partial charge in [0.1, 0.15) is 0 Å². The molecule has 0 nitrogen and oxygen atoms in total. The van der Waals surface area contributed by atoms with E-state index in [4.69, 9.17) is 12.6 Å². The molecule has 1 heteroatoms. The van der Waals surface area contributed by atoms with Crippen molar-refractivity contribution >= 4 is 29.9 Å². The second-order valence-electron chi connectivity index (χ2n) is 10.7. The summed E-state index contributed by atoms with van der Waals surface area (Å²) < 4.78 is 0. The van der Waals surface area contributed by atoms with Gasteiger partial charge in [0.15, 0.2) is 0 Å². The molecule has 6 rings (SSSR count). The van der Waals surface area contributed by atoms with Crippen molar-refractivity contribution in [3.05, 3.63) is 111 Å². The summed E-state index contributed by atoms with van der Waals surface area (Å²) in [5.41, 5.74) is 15.7. The molecular formula is C33H34S. The van der Waals surface area contributed by atoms with Crippen molar-refractivity contribution in [1.29, 1.82) is 0 Å². The maximum atomic E-state index is 5.11. The SMILES string of the molecule is CCCC[C@@H]1C=Cc2cccc3c2[C@@]1(C)C1=C3c2cccc(c2C)C(S)Cc2cccc1c2C. The highest BCUT2D eigenvalue weighted by atomic mass is 32.1. The standard InChI is InChI=1S/C33H34S/c1-5-6-12-24-18-17-22-10-7-16-28-30-26-14-9-13-25(21(26)3)29(34)19-23-11-8-15-27(20(23)2)32(30)33(24,4)31(22)28/h7-11,13-18,24,29,34H,5-6,12,19H2,1-4H3/t24-,29?,33+/m1/s1. The number of unbranched alkanes of at least 4 members (excludes halogenated alkanes) is 1. The molecule has 172 valence electrons. The molecule has 3 aliphatic rings. The first-order chi connectivity index (χ1) is 16.5. The Morgan fingerprint density at radius 2 is 1.65 bits per heavy atom. The number of benzene rings is 3. The molecule has 0 radical (unpaired) electrons. The number of hydrogen-bond acceptors (Lipinski definition) is 1. The highest BCUT2D eigenvalue weighted by Crippen LogP contribution is 2.61. The Morgan fingerprint density at radius 3 is 2.47 bits per heavy atom. The van der Waals surface area contributed by atoms with Gasteiger partial charge in [-0.15, -0.1) is 0 Å². The van der Waals surface area contributed by atoms with E-state index < -0.39 is 0 Å². The third kappa shape index (κ3) is 2.92. The quantitative estimate of drug-likeness (QED) is 0.369. The highest BCUT2D eigenvalue weighted by molar-refractivity contribution is 7.80. The van der Waals surface area contributed by atoms with Gasteiger partial charge in [-0.25, -0.2) is 0 Å². The Bertz CT molecular complexity index is 1370. The van der Waals surface area contributed by atoms with Crippen molar-refractivity contribution in [2.75, 3.05) is 0 Å². The second-order valence-corrected chi connectivity index (χ2v) is 11.3. The number of allylic oxidation sites excluding steroid dienone is 2. The average molecular weight is 463 g/mol. The lowest BCUT2D eigenvalue weighted by Crippen LogP contribution is -2.34. The third-order valence-corrected chi connectivity index (χ3v) is 9.37. The summed E-state index contributed by atoms with van der Waals surface area (Å²) in [5.74, 6) is 0.501. The van der Waals surface area contributed by atoms with Gasteiger partial charge < -0.3 is 0 Å². The Morgan fingerprint density at radius 1 is 0.912 bits per heavy atom. The Labute approximate surface area is 210 Å². The van der Waals surface area contributed by atoms with Crippen LogP contribution in [0.1, 0.15) is 88.4 Å². The lowest BCUT2D eigenvalue weighted by molar-refractivity contribution is 0.405. The van der Waals surface area contributed by atoms with Crippen LogP contribution in [-0.4, -0.2) is 0 Å². The van der Waals surface area contributed by atoms with Crippen molar-refractivity contribution in [3.8, 4) is 0 Å². The minimum absolute atomic E-state index is 0.0312. The average Bonchev–Trinajstić information content (AvgIpc) is 3.10. The first kappa shape index (κ1) is 22.0. The zero-order valence-corrected chi connectivity index (χ0v) is 21.7. The summed E-state index contributed by atoms with van der Waals surface area (Å²) in [6.45, 7) is 9.51. The second kappa shape index (κ2) is 8.02. The fourth-order valence-corrected chi connectivity index (χ4v) is 7.56. The molecule has 0 N–H and O–H groups in total.